The van der Waals surface area contributed by atoms with Crippen LogP contribution in [0.5, 0.6) is 11.5 Å². The Bertz CT molecular complexity index is 891. The van der Waals surface area contributed by atoms with E-state index in [1.165, 1.54) is 0 Å². The minimum Gasteiger partial charge on any atom is -0.497 e. The lowest BCUT2D eigenvalue weighted by atomic mass is 10.1. The number of methoxy groups -OCH3 is 1. The Morgan fingerprint density at radius 1 is 1.21 bits per heavy atom. The van der Waals surface area contributed by atoms with Crippen LogP contribution in [0.2, 0.25) is 0 Å². The number of hydrogen-bond acceptors (Lipinski definition) is 5. The highest BCUT2D eigenvalue weighted by Gasteiger charge is 2.35. The quantitative estimate of drug-likeness (QED) is 0.425. The third-order valence-corrected chi connectivity index (χ3v) is 4.52. The topological polar surface area (TPSA) is 80.2 Å². The van der Waals surface area contributed by atoms with E-state index in [1.54, 1.807) is 48.6 Å². The predicted octanol–water partition coefficient (Wildman–Crippen LogP) is 2.76. The molecule has 7 nitrogen and oxygen atoms in total. The highest BCUT2D eigenvalue weighted by Crippen LogP contribution is 2.26. The molecule has 1 aliphatic rings. The van der Waals surface area contributed by atoms with E-state index in [0.29, 0.717) is 18.9 Å². The molecule has 0 saturated carbocycles. The number of benzene rings is 2. The van der Waals surface area contributed by atoms with Gasteiger partial charge in [0.15, 0.2) is 0 Å². The van der Waals surface area contributed by atoms with Gasteiger partial charge < -0.3 is 14.4 Å². The molecule has 0 spiro atoms. The van der Waals surface area contributed by atoms with Crippen molar-refractivity contribution >= 4 is 23.7 Å². The molecule has 2 amide bonds. The van der Waals surface area contributed by atoms with Gasteiger partial charge >= 0.3 is 0 Å². The average molecular weight is 393 g/mol. The maximum Gasteiger partial charge on any atom is 0.245 e. The summed E-state index contributed by atoms with van der Waals surface area (Å²) in [6.07, 6.45) is 3.38. The average Bonchev–Trinajstić information content (AvgIpc) is 3.15. The second-order valence-corrected chi connectivity index (χ2v) is 6.51. The van der Waals surface area contributed by atoms with Crippen molar-refractivity contribution < 1.29 is 19.1 Å². The van der Waals surface area contributed by atoms with Crippen molar-refractivity contribution in [2.24, 2.45) is 11.0 Å². The largest absolute Gasteiger partial charge is 0.497 e. The first-order valence-electron chi connectivity index (χ1n) is 9.22. The molecule has 0 radical (unpaired) electrons. The second kappa shape index (κ2) is 9.54. The standard InChI is InChI=1S/C22H23N3O4/c1-3-12-29-20-8-4-16(5-9-20)14-23-24-22(27)17-13-21(26)25(15-17)18-6-10-19(28-2)11-7-18/h3-11,14,17H,1,12-13,15H2,2H3,(H,24,27)/b23-14+/t17-/m1/s1. The molecule has 0 unspecified atom stereocenters. The Balaban J connectivity index is 1.53. The Morgan fingerprint density at radius 2 is 1.90 bits per heavy atom. The summed E-state index contributed by atoms with van der Waals surface area (Å²) in [6.45, 7) is 4.36. The zero-order valence-electron chi connectivity index (χ0n) is 16.2. The van der Waals surface area contributed by atoms with Crippen molar-refractivity contribution in [1.82, 2.24) is 5.43 Å². The zero-order valence-corrected chi connectivity index (χ0v) is 16.2. The molecular weight excluding hydrogens is 370 g/mol. The van der Waals surface area contributed by atoms with Crippen molar-refractivity contribution in [3.05, 3.63) is 66.7 Å². The second-order valence-electron chi connectivity index (χ2n) is 6.51. The van der Waals surface area contributed by atoms with Crippen LogP contribution < -0.4 is 19.8 Å². The molecule has 0 aromatic heterocycles. The van der Waals surface area contributed by atoms with Crippen molar-refractivity contribution in [2.75, 3.05) is 25.2 Å². The van der Waals surface area contributed by atoms with Gasteiger partial charge in [0, 0.05) is 18.7 Å². The number of nitrogens with one attached hydrogen (secondary N) is 1. The van der Waals surface area contributed by atoms with Crippen LogP contribution in [0.15, 0.2) is 66.3 Å². The lowest BCUT2D eigenvalue weighted by Crippen LogP contribution is -2.30. The molecule has 1 atom stereocenters. The predicted molar refractivity (Wildman–Crippen MR) is 111 cm³/mol. The van der Waals surface area contributed by atoms with Gasteiger partial charge in [0.2, 0.25) is 11.8 Å². The lowest BCUT2D eigenvalue weighted by Gasteiger charge is -2.16. The summed E-state index contributed by atoms with van der Waals surface area (Å²) in [5, 5.41) is 4.00. The number of ether oxygens (including phenoxy) is 2. The van der Waals surface area contributed by atoms with E-state index in [1.807, 2.05) is 24.3 Å². The van der Waals surface area contributed by atoms with Gasteiger partial charge in [0.1, 0.15) is 18.1 Å². The zero-order chi connectivity index (χ0) is 20.6. The van der Waals surface area contributed by atoms with Crippen molar-refractivity contribution in [3.8, 4) is 11.5 Å². The van der Waals surface area contributed by atoms with Gasteiger partial charge in [-0.15, -0.1) is 0 Å². The normalized spacial score (nSPS) is 16.1. The van der Waals surface area contributed by atoms with Gasteiger partial charge in [0.05, 0.1) is 19.2 Å². The first-order chi connectivity index (χ1) is 14.1. The van der Waals surface area contributed by atoms with Crippen LogP contribution in [0.3, 0.4) is 0 Å². The number of hydrazone groups is 1. The molecule has 29 heavy (non-hydrogen) atoms. The van der Waals surface area contributed by atoms with Gasteiger partial charge in [-0.2, -0.15) is 5.10 Å². The molecule has 1 N–H and O–H groups in total. The van der Waals surface area contributed by atoms with Crippen LogP contribution in [0, 0.1) is 5.92 Å². The molecule has 3 rings (SSSR count). The maximum atomic E-state index is 12.4. The molecular formula is C22H23N3O4. The van der Waals surface area contributed by atoms with Gasteiger partial charge in [-0.1, -0.05) is 12.7 Å². The highest BCUT2D eigenvalue weighted by atomic mass is 16.5. The Kier molecular flexibility index (Phi) is 6.63. The Hall–Kier alpha value is -3.61. The Labute approximate surface area is 169 Å². The van der Waals surface area contributed by atoms with Crippen LogP contribution in [-0.2, 0) is 9.59 Å². The van der Waals surface area contributed by atoms with Crippen LogP contribution in [-0.4, -0.2) is 38.3 Å². The van der Waals surface area contributed by atoms with Gasteiger partial charge in [-0.05, 0) is 54.1 Å². The molecule has 0 aliphatic carbocycles. The minimum absolute atomic E-state index is 0.0885. The summed E-state index contributed by atoms with van der Waals surface area (Å²) in [5.41, 5.74) is 4.08. The summed E-state index contributed by atoms with van der Waals surface area (Å²) < 4.78 is 10.5. The van der Waals surface area contributed by atoms with Gasteiger partial charge in [0.25, 0.3) is 0 Å². The molecule has 2 aromatic carbocycles. The summed E-state index contributed by atoms with van der Waals surface area (Å²) in [4.78, 5) is 26.3. The van der Waals surface area contributed by atoms with E-state index in [2.05, 4.69) is 17.1 Å². The van der Waals surface area contributed by atoms with Crippen molar-refractivity contribution in [2.45, 2.75) is 6.42 Å². The molecule has 1 aliphatic heterocycles. The lowest BCUT2D eigenvalue weighted by molar-refractivity contribution is -0.126. The number of carbonyl (C=O) groups excluding carboxylic acids is 2. The van der Waals surface area contributed by atoms with E-state index in [4.69, 9.17) is 9.47 Å². The van der Waals surface area contributed by atoms with Gasteiger partial charge in [-0.25, -0.2) is 5.43 Å². The van der Waals surface area contributed by atoms with E-state index >= 15 is 0 Å². The van der Waals surface area contributed by atoms with Crippen molar-refractivity contribution in [3.63, 3.8) is 0 Å². The van der Waals surface area contributed by atoms with Crippen LogP contribution in [0.4, 0.5) is 5.69 Å². The van der Waals surface area contributed by atoms with Gasteiger partial charge in [-0.3, -0.25) is 9.59 Å². The third kappa shape index (κ3) is 5.22. The van der Waals surface area contributed by atoms with E-state index in [-0.39, 0.29) is 18.2 Å². The van der Waals surface area contributed by atoms with E-state index < -0.39 is 5.92 Å². The van der Waals surface area contributed by atoms with E-state index in [0.717, 1.165) is 17.0 Å². The van der Waals surface area contributed by atoms with Crippen LogP contribution in [0.25, 0.3) is 0 Å². The maximum absolute atomic E-state index is 12.4. The third-order valence-electron chi connectivity index (χ3n) is 4.52. The van der Waals surface area contributed by atoms with Crippen molar-refractivity contribution in [1.29, 1.82) is 0 Å². The summed E-state index contributed by atoms with van der Waals surface area (Å²) >= 11 is 0. The minimum atomic E-state index is -0.448. The first-order valence-corrected chi connectivity index (χ1v) is 9.22. The SMILES string of the molecule is C=CCOc1ccc(/C=N/NC(=O)[C@@H]2CC(=O)N(c3ccc(OC)cc3)C2)cc1. The number of carbonyl (C=O) groups is 2. The number of anilines is 1. The summed E-state index contributed by atoms with van der Waals surface area (Å²) in [6, 6.07) is 14.5. The Morgan fingerprint density at radius 3 is 2.55 bits per heavy atom. The summed E-state index contributed by atoms with van der Waals surface area (Å²) in [7, 11) is 1.59. The fourth-order valence-electron chi connectivity index (χ4n) is 2.96. The smallest absolute Gasteiger partial charge is 0.245 e. The fourth-order valence-corrected chi connectivity index (χ4v) is 2.96. The highest BCUT2D eigenvalue weighted by molar-refractivity contribution is 6.00. The molecule has 0 bridgehead atoms. The fraction of sp³-hybridized carbons (Fsp3) is 0.227. The first kappa shape index (κ1) is 20.1. The molecule has 2 aromatic rings. The molecule has 1 fully saturated rings. The molecule has 7 heteroatoms. The number of amides is 2. The summed E-state index contributed by atoms with van der Waals surface area (Å²) in [5.74, 6) is 0.626. The van der Waals surface area contributed by atoms with Crippen LogP contribution in [0.1, 0.15) is 12.0 Å². The molecule has 1 heterocycles. The number of nitrogens with zero attached hydrogens (tertiary/aromatic N) is 2. The number of hydrogen-bond donors (Lipinski definition) is 1. The van der Waals surface area contributed by atoms with Crippen LogP contribution >= 0.6 is 0 Å². The molecule has 150 valence electrons. The van der Waals surface area contributed by atoms with E-state index in [9.17, 15) is 9.59 Å². The monoisotopic (exact) mass is 393 g/mol. The number of rotatable bonds is 8. The molecule has 1 saturated heterocycles.